The van der Waals surface area contributed by atoms with Gasteiger partial charge in [-0.05, 0) is 36.8 Å². The number of carbonyl (C=O) groups excluding carboxylic acids is 2. The minimum atomic E-state index is -0.971. The first-order valence-corrected chi connectivity index (χ1v) is 10.8. The van der Waals surface area contributed by atoms with Gasteiger partial charge in [0, 0.05) is 12.0 Å². The van der Waals surface area contributed by atoms with Crippen molar-refractivity contribution in [2.45, 2.75) is 31.7 Å². The molecule has 0 saturated carbocycles. The van der Waals surface area contributed by atoms with Gasteiger partial charge in [-0.25, -0.2) is 9.59 Å². The largest absolute Gasteiger partial charge is 0.485 e. The normalized spacial score (nSPS) is 20.8. The van der Waals surface area contributed by atoms with Crippen molar-refractivity contribution >= 4 is 17.7 Å². The molecule has 2 atom stereocenters. The molecule has 0 spiro atoms. The highest BCUT2D eigenvalue weighted by atomic mass is 16.5. The Morgan fingerprint density at radius 2 is 1.91 bits per heavy atom. The number of nitrogens with one attached hydrogen (secondary N) is 1. The third-order valence-corrected chi connectivity index (χ3v) is 6.03. The molecule has 7 heteroatoms. The van der Waals surface area contributed by atoms with Crippen LogP contribution in [0.2, 0.25) is 0 Å². The topological polar surface area (TPSA) is 77.1 Å². The van der Waals surface area contributed by atoms with Gasteiger partial charge in [-0.15, -0.1) is 0 Å². The molecule has 5 rings (SSSR count). The summed E-state index contributed by atoms with van der Waals surface area (Å²) >= 11 is 0. The van der Waals surface area contributed by atoms with Gasteiger partial charge >= 0.3 is 12.0 Å². The molecule has 2 aliphatic heterocycles. The molecule has 2 unspecified atom stereocenters. The average molecular weight is 444 g/mol. The van der Waals surface area contributed by atoms with Crippen LogP contribution in [0.1, 0.15) is 40.9 Å². The number of urea groups is 1. The predicted molar refractivity (Wildman–Crippen MR) is 122 cm³/mol. The summed E-state index contributed by atoms with van der Waals surface area (Å²) in [4.78, 5) is 26.7. The van der Waals surface area contributed by atoms with E-state index in [9.17, 15) is 9.59 Å². The van der Waals surface area contributed by atoms with Crippen molar-refractivity contribution in [1.82, 2.24) is 5.32 Å². The number of fused-ring (bicyclic) bond motifs is 4. The van der Waals surface area contributed by atoms with Crippen LogP contribution in [0.5, 0.6) is 11.5 Å². The van der Waals surface area contributed by atoms with E-state index in [1.807, 2.05) is 55.5 Å². The number of carbonyl (C=O) groups is 2. The van der Waals surface area contributed by atoms with Gasteiger partial charge in [0.1, 0.15) is 6.61 Å². The fraction of sp³-hybridized carbons (Fsp3) is 0.231. The number of rotatable bonds is 5. The molecule has 3 aromatic carbocycles. The van der Waals surface area contributed by atoms with E-state index in [1.165, 1.54) is 7.11 Å². The van der Waals surface area contributed by atoms with Crippen LogP contribution in [-0.2, 0) is 11.3 Å². The monoisotopic (exact) mass is 444 g/mol. The summed E-state index contributed by atoms with van der Waals surface area (Å²) in [6.07, 6.45) is 0.538. The summed E-state index contributed by atoms with van der Waals surface area (Å²) in [5.74, 6) is 0.761. The minimum absolute atomic E-state index is 0.216. The minimum Gasteiger partial charge on any atom is -0.485 e. The summed E-state index contributed by atoms with van der Waals surface area (Å²) in [5.41, 5.74) is 1.86. The van der Waals surface area contributed by atoms with Gasteiger partial charge in [-0.2, -0.15) is 0 Å². The number of benzene rings is 3. The standard InChI is InChI=1S/C26H24N2O5/c1-26-15-21(27-25(30)28(26)19-11-6-10-18(14-19)24(29)31-2)20-12-7-13-22(23(20)33-26)32-16-17-8-4-3-5-9-17/h3-14,21H,15-16H2,1-2H3,(H,27,30). The van der Waals surface area contributed by atoms with E-state index in [4.69, 9.17) is 14.2 Å². The molecule has 2 aliphatic rings. The summed E-state index contributed by atoms with van der Waals surface area (Å²) < 4.78 is 17.4. The average Bonchev–Trinajstić information content (AvgIpc) is 2.82. The summed E-state index contributed by atoms with van der Waals surface area (Å²) in [6.45, 7) is 2.28. The maximum Gasteiger partial charge on any atom is 0.337 e. The van der Waals surface area contributed by atoms with E-state index in [0.717, 1.165) is 11.1 Å². The number of hydrogen-bond donors (Lipinski definition) is 1. The molecule has 1 saturated heterocycles. The Balaban J connectivity index is 1.49. The number of hydrogen-bond acceptors (Lipinski definition) is 5. The van der Waals surface area contributed by atoms with Crippen molar-refractivity contribution in [1.29, 1.82) is 0 Å². The van der Waals surface area contributed by atoms with E-state index >= 15 is 0 Å². The highest BCUT2D eigenvalue weighted by molar-refractivity contribution is 5.97. The summed E-state index contributed by atoms with van der Waals surface area (Å²) in [6, 6.07) is 21.9. The molecule has 0 aromatic heterocycles. The Kier molecular flexibility index (Phi) is 5.17. The number of ether oxygens (including phenoxy) is 3. The van der Waals surface area contributed by atoms with Crippen LogP contribution in [0.25, 0.3) is 0 Å². The molecule has 168 valence electrons. The number of esters is 1. The van der Waals surface area contributed by atoms with Gasteiger partial charge in [0.2, 0.25) is 0 Å². The molecule has 2 amide bonds. The Morgan fingerprint density at radius 3 is 2.70 bits per heavy atom. The van der Waals surface area contributed by atoms with E-state index in [0.29, 0.717) is 35.8 Å². The van der Waals surface area contributed by atoms with E-state index in [2.05, 4.69) is 5.32 Å². The van der Waals surface area contributed by atoms with Crippen LogP contribution in [0.3, 0.4) is 0 Å². The zero-order chi connectivity index (χ0) is 23.0. The molecular weight excluding hydrogens is 420 g/mol. The lowest BCUT2D eigenvalue weighted by molar-refractivity contribution is 0.0338. The first-order valence-electron chi connectivity index (χ1n) is 10.8. The van der Waals surface area contributed by atoms with Crippen molar-refractivity contribution in [2.24, 2.45) is 0 Å². The second-order valence-corrected chi connectivity index (χ2v) is 8.31. The highest BCUT2D eigenvalue weighted by Gasteiger charge is 2.50. The lowest BCUT2D eigenvalue weighted by Crippen LogP contribution is -2.65. The predicted octanol–water partition coefficient (Wildman–Crippen LogP) is 4.82. The maximum atomic E-state index is 13.2. The second-order valence-electron chi connectivity index (χ2n) is 8.31. The van der Waals surface area contributed by atoms with E-state index in [-0.39, 0.29) is 12.1 Å². The van der Waals surface area contributed by atoms with Crippen LogP contribution in [0, 0.1) is 0 Å². The molecule has 1 N–H and O–H groups in total. The lowest BCUT2D eigenvalue weighted by Gasteiger charge is -2.50. The van der Waals surface area contributed by atoms with Gasteiger partial charge in [0.25, 0.3) is 0 Å². The Labute approximate surface area is 191 Å². The highest BCUT2D eigenvalue weighted by Crippen LogP contribution is 2.49. The van der Waals surface area contributed by atoms with Gasteiger partial charge in [0.15, 0.2) is 17.2 Å². The van der Waals surface area contributed by atoms with Crippen LogP contribution in [0.15, 0.2) is 72.8 Å². The quantitative estimate of drug-likeness (QED) is 0.571. The molecule has 7 nitrogen and oxygen atoms in total. The Morgan fingerprint density at radius 1 is 1.12 bits per heavy atom. The van der Waals surface area contributed by atoms with Crippen molar-refractivity contribution in [3.8, 4) is 11.5 Å². The van der Waals surface area contributed by atoms with Crippen LogP contribution in [0.4, 0.5) is 10.5 Å². The molecule has 0 aliphatic carbocycles. The summed E-state index contributed by atoms with van der Waals surface area (Å²) in [5, 5.41) is 3.08. The van der Waals surface area contributed by atoms with Gasteiger partial charge in [-0.3, -0.25) is 4.90 Å². The van der Waals surface area contributed by atoms with Crippen molar-refractivity contribution in [2.75, 3.05) is 12.0 Å². The van der Waals surface area contributed by atoms with E-state index < -0.39 is 11.7 Å². The van der Waals surface area contributed by atoms with Crippen LogP contribution in [-0.4, -0.2) is 24.8 Å². The fourth-order valence-electron chi connectivity index (χ4n) is 4.49. The van der Waals surface area contributed by atoms with E-state index in [1.54, 1.807) is 29.2 Å². The molecule has 0 radical (unpaired) electrons. The zero-order valence-corrected chi connectivity index (χ0v) is 18.4. The van der Waals surface area contributed by atoms with Gasteiger partial charge < -0.3 is 19.5 Å². The Hall–Kier alpha value is -4.00. The molecule has 2 bridgehead atoms. The zero-order valence-electron chi connectivity index (χ0n) is 18.4. The Bertz CT molecular complexity index is 1210. The second kappa shape index (κ2) is 8.16. The molecule has 1 fully saturated rings. The first kappa shape index (κ1) is 20.9. The number of nitrogens with zero attached hydrogens (tertiary/aromatic N) is 1. The molecular formula is C26H24N2O5. The SMILES string of the molecule is COC(=O)c1cccc(N2C(=O)NC3CC2(C)Oc2c(OCc4ccccc4)cccc23)c1. The number of amides is 2. The molecule has 2 heterocycles. The summed E-state index contributed by atoms with van der Waals surface area (Å²) in [7, 11) is 1.33. The van der Waals surface area contributed by atoms with Gasteiger partial charge in [0.05, 0.1) is 24.4 Å². The van der Waals surface area contributed by atoms with Crippen molar-refractivity contribution in [3.05, 3.63) is 89.5 Å². The maximum absolute atomic E-state index is 13.2. The lowest BCUT2D eigenvalue weighted by atomic mass is 9.89. The van der Waals surface area contributed by atoms with Crippen molar-refractivity contribution in [3.63, 3.8) is 0 Å². The fourth-order valence-corrected chi connectivity index (χ4v) is 4.49. The smallest absolute Gasteiger partial charge is 0.337 e. The number of methoxy groups -OCH3 is 1. The molecule has 33 heavy (non-hydrogen) atoms. The molecule has 3 aromatic rings. The number of anilines is 1. The van der Waals surface area contributed by atoms with Crippen molar-refractivity contribution < 1.29 is 23.8 Å². The number of para-hydroxylation sites is 1. The third kappa shape index (κ3) is 3.75. The van der Waals surface area contributed by atoms with Gasteiger partial charge in [-0.1, -0.05) is 48.5 Å². The first-order chi connectivity index (χ1) is 16.0. The third-order valence-electron chi connectivity index (χ3n) is 6.03. The van der Waals surface area contributed by atoms with Crippen LogP contribution < -0.4 is 19.7 Å². The van der Waals surface area contributed by atoms with Crippen LogP contribution >= 0.6 is 0 Å².